The second-order valence-electron chi connectivity index (χ2n) is 7.33. The van der Waals surface area contributed by atoms with Crippen molar-refractivity contribution >= 4 is 0 Å². The molecular weight excluding hydrogens is 307 g/mol. The van der Waals surface area contributed by atoms with E-state index in [4.69, 9.17) is 0 Å². The van der Waals surface area contributed by atoms with E-state index >= 15 is 0 Å². The maximum Gasteiger partial charge on any atom is 0.0827 e. The lowest BCUT2D eigenvalue weighted by Crippen LogP contribution is -2.13. The Labute approximate surface area is 151 Å². The van der Waals surface area contributed by atoms with Crippen LogP contribution in [0.1, 0.15) is 62.5 Å². The number of halogens is 1. The van der Waals surface area contributed by atoms with Gasteiger partial charge in [0.1, 0.15) is 0 Å². The fraction of sp³-hybridized carbons (Fsp3) is 0.417. The SMILES string of the molecule is CCc1ccc(-c2ccc([C@H]3CC[C@H](CCC=CF)CC3)cc2)cc1. The van der Waals surface area contributed by atoms with Crippen molar-refractivity contribution in [1.29, 1.82) is 0 Å². The first-order valence-corrected chi connectivity index (χ1v) is 9.74. The third-order valence-corrected chi connectivity index (χ3v) is 5.76. The highest BCUT2D eigenvalue weighted by atomic mass is 19.1. The van der Waals surface area contributed by atoms with Crippen LogP contribution in [0.3, 0.4) is 0 Å². The monoisotopic (exact) mass is 336 g/mol. The zero-order chi connectivity index (χ0) is 17.5. The second-order valence-corrected chi connectivity index (χ2v) is 7.33. The van der Waals surface area contributed by atoms with Gasteiger partial charge < -0.3 is 0 Å². The molecule has 0 bridgehead atoms. The van der Waals surface area contributed by atoms with E-state index in [0.717, 1.165) is 25.2 Å². The van der Waals surface area contributed by atoms with E-state index in [1.807, 2.05) is 0 Å². The molecule has 0 aromatic heterocycles. The standard InChI is InChI=1S/C24H29F/c1-2-19-6-10-21(11-7-19)23-14-16-24(17-15-23)22-12-8-20(9-13-22)5-3-4-18-25/h4,6-7,10-11,14-18,20,22H,2-3,5,8-9,12-13H2,1H3/t20-,22-. The molecule has 0 radical (unpaired) electrons. The van der Waals surface area contributed by atoms with Crippen molar-refractivity contribution in [3.05, 3.63) is 72.1 Å². The van der Waals surface area contributed by atoms with Gasteiger partial charge in [-0.25, -0.2) is 4.39 Å². The summed E-state index contributed by atoms with van der Waals surface area (Å²) in [4.78, 5) is 0. The van der Waals surface area contributed by atoms with E-state index in [9.17, 15) is 4.39 Å². The summed E-state index contributed by atoms with van der Waals surface area (Å²) in [7, 11) is 0. The van der Waals surface area contributed by atoms with Crippen LogP contribution in [-0.2, 0) is 6.42 Å². The summed E-state index contributed by atoms with van der Waals surface area (Å²) >= 11 is 0. The Morgan fingerprint density at radius 2 is 1.48 bits per heavy atom. The molecule has 0 spiro atoms. The Morgan fingerprint density at radius 3 is 2.04 bits per heavy atom. The topological polar surface area (TPSA) is 0 Å². The Hall–Kier alpha value is -1.89. The zero-order valence-electron chi connectivity index (χ0n) is 15.3. The van der Waals surface area contributed by atoms with Crippen LogP contribution in [0.25, 0.3) is 11.1 Å². The average molecular weight is 336 g/mol. The second kappa shape index (κ2) is 8.99. The third kappa shape index (κ3) is 4.81. The number of benzene rings is 2. The first-order valence-electron chi connectivity index (χ1n) is 9.74. The zero-order valence-corrected chi connectivity index (χ0v) is 15.3. The van der Waals surface area contributed by atoms with E-state index in [0.29, 0.717) is 12.2 Å². The molecule has 0 nitrogen and oxygen atoms in total. The molecule has 1 fully saturated rings. The van der Waals surface area contributed by atoms with E-state index < -0.39 is 0 Å². The predicted octanol–water partition coefficient (Wildman–Crippen LogP) is 7.45. The molecule has 0 saturated heterocycles. The van der Waals surface area contributed by atoms with Crippen molar-refractivity contribution in [2.24, 2.45) is 5.92 Å². The highest BCUT2D eigenvalue weighted by Crippen LogP contribution is 2.38. The minimum Gasteiger partial charge on any atom is -0.216 e. The maximum atomic E-state index is 12.0. The number of rotatable bonds is 6. The van der Waals surface area contributed by atoms with Crippen LogP contribution in [0.5, 0.6) is 0 Å². The number of aryl methyl sites for hydroxylation is 1. The van der Waals surface area contributed by atoms with E-state index in [-0.39, 0.29) is 0 Å². The smallest absolute Gasteiger partial charge is 0.0827 e. The quantitative estimate of drug-likeness (QED) is 0.514. The molecule has 0 atom stereocenters. The Balaban J connectivity index is 1.57. The van der Waals surface area contributed by atoms with Gasteiger partial charge in [-0.15, -0.1) is 0 Å². The molecular formula is C24H29F. The summed E-state index contributed by atoms with van der Waals surface area (Å²) in [6.07, 6.45) is 10.6. The van der Waals surface area contributed by atoms with Crippen molar-refractivity contribution < 1.29 is 4.39 Å². The molecule has 132 valence electrons. The lowest BCUT2D eigenvalue weighted by Gasteiger charge is -2.28. The number of allylic oxidation sites excluding steroid dienone is 1. The van der Waals surface area contributed by atoms with Crippen LogP contribution in [-0.4, -0.2) is 0 Å². The molecule has 1 aliphatic rings. The lowest BCUT2D eigenvalue weighted by molar-refractivity contribution is 0.311. The van der Waals surface area contributed by atoms with Crippen LogP contribution in [0, 0.1) is 5.92 Å². The van der Waals surface area contributed by atoms with Gasteiger partial charge in [0.15, 0.2) is 0 Å². The molecule has 0 heterocycles. The summed E-state index contributed by atoms with van der Waals surface area (Å²) < 4.78 is 12.0. The van der Waals surface area contributed by atoms with Gasteiger partial charge >= 0.3 is 0 Å². The molecule has 2 aromatic carbocycles. The van der Waals surface area contributed by atoms with Crippen molar-refractivity contribution in [3.63, 3.8) is 0 Å². The van der Waals surface area contributed by atoms with Crippen LogP contribution < -0.4 is 0 Å². The van der Waals surface area contributed by atoms with Crippen molar-refractivity contribution in [2.75, 3.05) is 0 Å². The van der Waals surface area contributed by atoms with Crippen LogP contribution in [0.4, 0.5) is 4.39 Å². The van der Waals surface area contributed by atoms with E-state index in [1.165, 1.54) is 47.9 Å². The summed E-state index contributed by atoms with van der Waals surface area (Å²) in [6, 6.07) is 18.1. The number of hydrogen-bond acceptors (Lipinski definition) is 0. The third-order valence-electron chi connectivity index (χ3n) is 5.76. The van der Waals surface area contributed by atoms with Crippen LogP contribution in [0.15, 0.2) is 60.9 Å². The fourth-order valence-corrected chi connectivity index (χ4v) is 4.06. The summed E-state index contributed by atoms with van der Waals surface area (Å²) in [5.74, 6) is 1.48. The number of hydrogen-bond donors (Lipinski definition) is 0. The highest BCUT2D eigenvalue weighted by molar-refractivity contribution is 5.64. The fourth-order valence-electron chi connectivity index (χ4n) is 4.06. The summed E-state index contributed by atoms with van der Waals surface area (Å²) in [5.41, 5.74) is 5.47. The Bertz CT molecular complexity index is 658. The molecule has 3 rings (SSSR count). The van der Waals surface area contributed by atoms with Crippen LogP contribution in [0.2, 0.25) is 0 Å². The van der Waals surface area contributed by atoms with Gasteiger partial charge in [-0.05, 0) is 79.0 Å². The first-order chi connectivity index (χ1) is 12.3. The van der Waals surface area contributed by atoms with Crippen LogP contribution >= 0.6 is 0 Å². The van der Waals surface area contributed by atoms with Gasteiger partial charge in [-0.3, -0.25) is 0 Å². The van der Waals surface area contributed by atoms with Gasteiger partial charge in [-0.2, -0.15) is 0 Å². The Morgan fingerprint density at radius 1 is 0.880 bits per heavy atom. The first kappa shape index (κ1) is 17.9. The molecule has 0 amide bonds. The van der Waals surface area contributed by atoms with Crippen molar-refractivity contribution in [1.82, 2.24) is 0 Å². The van der Waals surface area contributed by atoms with Gasteiger partial charge in [0.2, 0.25) is 0 Å². The Kier molecular flexibility index (Phi) is 6.44. The normalized spacial score (nSPS) is 20.9. The molecule has 25 heavy (non-hydrogen) atoms. The molecule has 2 aromatic rings. The minimum absolute atomic E-state index is 0.684. The predicted molar refractivity (Wildman–Crippen MR) is 105 cm³/mol. The lowest BCUT2D eigenvalue weighted by atomic mass is 9.77. The molecule has 1 aliphatic carbocycles. The summed E-state index contributed by atoms with van der Waals surface area (Å²) in [5, 5.41) is 0. The van der Waals surface area contributed by atoms with E-state index in [1.54, 1.807) is 6.08 Å². The molecule has 0 unspecified atom stereocenters. The summed E-state index contributed by atoms with van der Waals surface area (Å²) in [6.45, 7) is 2.19. The van der Waals surface area contributed by atoms with Crippen molar-refractivity contribution in [2.45, 2.75) is 57.8 Å². The van der Waals surface area contributed by atoms with E-state index in [2.05, 4.69) is 55.5 Å². The van der Waals surface area contributed by atoms with Gasteiger partial charge in [0, 0.05) is 0 Å². The van der Waals surface area contributed by atoms with Gasteiger partial charge in [-0.1, -0.05) is 61.5 Å². The molecule has 0 N–H and O–H groups in total. The molecule has 1 heteroatoms. The highest BCUT2D eigenvalue weighted by Gasteiger charge is 2.21. The van der Waals surface area contributed by atoms with Crippen molar-refractivity contribution in [3.8, 4) is 11.1 Å². The van der Waals surface area contributed by atoms with Gasteiger partial charge in [0.25, 0.3) is 0 Å². The largest absolute Gasteiger partial charge is 0.216 e. The maximum absolute atomic E-state index is 12.0. The molecule has 0 aliphatic heterocycles. The average Bonchev–Trinajstić information content (AvgIpc) is 2.69. The van der Waals surface area contributed by atoms with Gasteiger partial charge in [0.05, 0.1) is 6.33 Å². The molecule has 1 saturated carbocycles. The minimum atomic E-state index is 0.684.